The van der Waals surface area contributed by atoms with Gasteiger partial charge in [-0.2, -0.15) is 0 Å². The fraction of sp³-hybridized carbons (Fsp3) is 0.200. The topological polar surface area (TPSA) is 36.7 Å². The maximum atomic E-state index is 9.53. The summed E-state index contributed by atoms with van der Waals surface area (Å²) in [5, 5.41) is 13.9. The summed E-state index contributed by atoms with van der Waals surface area (Å²) in [6.07, 6.45) is 1.52. The Bertz CT molecular complexity index is 708. The quantitative estimate of drug-likeness (QED) is 0.717. The Morgan fingerprint density at radius 1 is 1.16 bits per heavy atom. The van der Waals surface area contributed by atoms with Crippen molar-refractivity contribution in [3.05, 3.63) is 48.7 Å². The monoisotopic (exact) mass is 274 g/mol. The van der Waals surface area contributed by atoms with Crippen LogP contribution >= 0.6 is 11.6 Å². The molecule has 2 N–H and O–H groups in total. The summed E-state index contributed by atoms with van der Waals surface area (Å²) in [4.78, 5) is 0. The average Bonchev–Trinajstić information content (AvgIpc) is 2.93. The summed E-state index contributed by atoms with van der Waals surface area (Å²) in [6, 6.07) is 14.4. The van der Waals surface area contributed by atoms with E-state index in [4.69, 9.17) is 11.6 Å². The summed E-state index contributed by atoms with van der Waals surface area (Å²) in [5.41, 5.74) is 3.33. The summed E-state index contributed by atoms with van der Waals surface area (Å²) < 4.78 is 2.15. The highest BCUT2D eigenvalue weighted by Crippen LogP contribution is 2.25. The molecule has 1 aromatic carbocycles. The Hall–Kier alpha value is -1.71. The van der Waals surface area contributed by atoms with Crippen molar-refractivity contribution in [2.24, 2.45) is 0 Å². The summed E-state index contributed by atoms with van der Waals surface area (Å²) >= 11 is 5.61. The van der Waals surface area contributed by atoms with E-state index >= 15 is 0 Å². The second-order valence-electron chi connectivity index (χ2n) is 4.56. The van der Waals surface area contributed by atoms with Crippen LogP contribution in [0.25, 0.3) is 16.4 Å². The number of halogens is 1. The maximum absolute atomic E-state index is 9.53. The van der Waals surface area contributed by atoms with Crippen LogP contribution < -0.4 is 5.32 Å². The zero-order valence-electron chi connectivity index (χ0n) is 10.4. The lowest BCUT2D eigenvalue weighted by molar-refractivity contribution is 0.211. The van der Waals surface area contributed by atoms with E-state index in [9.17, 15) is 5.11 Å². The first-order valence-electron chi connectivity index (χ1n) is 6.26. The minimum atomic E-state index is -0.535. The molecule has 0 spiro atoms. The highest BCUT2D eigenvalue weighted by Gasteiger charge is 2.06. The van der Waals surface area contributed by atoms with Crippen LogP contribution in [-0.4, -0.2) is 28.0 Å². The number of alkyl halides is 1. The second-order valence-corrected chi connectivity index (χ2v) is 4.87. The highest BCUT2D eigenvalue weighted by atomic mass is 35.5. The molecule has 1 atom stereocenters. The van der Waals surface area contributed by atoms with Crippen molar-refractivity contribution in [2.45, 2.75) is 6.10 Å². The molecule has 3 rings (SSSR count). The first-order chi connectivity index (χ1) is 9.29. The van der Waals surface area contributed by atoms with Crippen LogP contribution in [-0.2, 0) is 0 Å². The normalized spacial score (nSPS) is 12.9. The van der Waals surface area contributed by atoms with Crippen LogP contribution in [0.3, 0.4) is 0 Å². The lowest BCUT2D eigenvalue weighted by Crippen LogP contribution is -2.20. The van der Waals surface area contributed by atoms with E-state index in [1.807, 2.05) is 18.2 Å². The Kier molecular flexibility index (Phi) is 3.32. The lowest BCUT2D eigenvalue weighted by Gasteiger charge is -2.13. The van der Waals surface area contributed by atoms with E-state index in [2.05, 4.69) is 40.2 Å². The third-order valence-corrected chi connectivity index (χ3v) is 3.61. The van der Waals surface area contributed by atoms with Gasteiger partial charge in [0.1, 0.15) is 0 Å². The SMILES string of the molecule is OC(CCl)CNc1cccc2c1ccc1cccn12. The van der Waals surface area contributed by atoms with Crippen molar-refractivity contribution in [3.63, 3.8) is 0 Å². The van der Waals surface area contributed by atoms with E-state index < -0.39 is 6.10 Å². The molecule has 0 aliphatic rings. The molecule has 0 amide bonds. The molecule has 0 radical (unpaired) electrons. The molecule has 1 unspecified atom stereocenters. The van der Waals surface area contributed by atoms with Crippen molar-refractivity contribution < 1.29 is 5.11 Å². The number of aromatic nitrogens is 1. The smallest absolute Gasteiger partial charge is 0.0847 e. The van der Waals surface area contributed by atoms with Crippen molar-refractivity contribution in [1.82, 2.24) is 4.40 Å². The molecule has 3 aromatic rings. The molecule has 2 aromatic heterocycles. The summed E-state index contributed by atoms with van der Waals surface area (Å²) in [5.74, 6) is 0.236. The average molecular weight is 275 g/mol. The maximum Gasteiger partial charge on any atom is 0.0847 e. The van der Waals surface area contributed by atoms with Gasteiger partial charge in [0.25, 0.3) is 0 Å². The highest BCUT2D eigenvalue weighted by molar-refractivity contribution is 6.18. The van der Waals surface area contributed by atoms with Crippen molar-refractivity contribution in [2.75, 3.05) is 17.7 Å². The molecule has 0 aliphatic heterocycles. The third-order valence-electron chi connectivity index (χ3n) is 3.25. The van der Waals surface area contributed by atoms with Crippen LogP contribution in [0.2, 0.25) is 0 Å². The molecular formula is C15H15ClN2O. The number of hydrogen-bond acceptors (Lipinski definition) is 2. The second kappa shape index (κ2) is 5.11. The molecule has 19 heavy (non-hydrogen) atoms. The van der Waals surface area contributed by atoms with Gasteiger partial charge in [-0.1, -0.05) is 6.07 Å². The summed E-state index contributed by atoms with van der Waals surface area (Å²) in [6.45, 7) is 0.451. The lowest BCUT2D eigenvalue weighted by atomic mass is 10.1. The number of benzene rings is 1. The number of aliphatic hydroxyl groups excluding tert-OH is 1. The van der Waals surface area contributed by atoms with E-state index in [-0.39, 0.29) is 5.88 Å². The van der Waals surface area contributed by atoms with Gasteiger partial charge in [-0.05, 0) is 36.4 Å². The van der Waals surface area contributed by atoms with Gasteiger partial charge in [0.15, 0.2) is 0 Å². The minimum absolute atomic E-state index is 0.236. The van der Waals surface area contributed by atoms with Crippen LogP contribution in [0.1, 0.15) is 0 Å². The van der Waals surface area contributed by atoms with Gasteiger partial charge in [-0.15, -0.1) is 11.6 Å². The molecule has 98 valence electrons. The van der Waals surface area contributed by atoms with Gasteiger partial charge < -0.3 is 14.8 Å². The molecule has 0 aliphatic carbocycles. The number of nitrogens with zero attached hydrogens (tertiary/aromatic N) is 1. The number of anilines is 1. The number of fused-ring (bicyclic) bond motifs is 3. The number of aliphatic hydroxyl groups is 1. The van der Waals surface area contributed by atoms with Gasteiger partial charge in [0.05, 0.1) is 17.5 Å². The van der Waals surface area contributed by atoms with Crippen molar-refractivity contribution in [3.8, 4) is 0 Å². The molecule has 0 saturated carbocycles. The molecule has 0 fully saturated rings. The van der Waals surface area contributed by atoms with Crippen molar-refractivity contribution in [1.29, 1.82) is 0 Å². The van der Waals surface area contributed by atoms with E-state index in [1.54, 1.807) is 0 Å². The molecule has 0 bridgehead atoms. The molecule has 0 saturated heterocycles. The van der Waals surface area contributed by atoms with E-state index in [1.165, 1.54) is 5.52 Å². The zero-order chi connectivity index (χ0) is 13.2. The molecule has 2 heterocycles. The predicted octanol–water partition coefficient (Wildman–Crippen LogP) is 3.10. The molecule has 3 nitrogen and oxygen atoms in total. The van der Waals surface area contributed by atoms with Gasteiger partial charge in [0.2, 0.25) is 0 Å². The van der Waals surface area contributed by atoms with E-state index in [0.29, 0.717) is 6.54 Å². The Morgan fingerprint density at radius 2 is 2.05 bits per heavy atom. The summed E-state index contributed by atoms with van der Waals surface area (Å²) in [7, 11) is 0. The van der Waals surface area contributed by atoms with Gasteiger partial charge in [0, 0.05) is 29.3 Å². The minimum Gasteiger partial charge on any atom is -0.390 e. The third kappa shape index (κ3) is 2.27. The predicted molar refractivity (Wildman–Crippen MR) is 80.1 cm³/mol. The van der Waals surface area contributed by atoms with Gasteiger partial charge >= 0.3 is 0 Å². The first kappa shape index (κ1) is 12.3. The van der Waals surface area contributed by atoms with Crippen LogP contribution in [0.4, 0.5) is 5.69 Å². The largest absolute Gasteiger partial charge is 0.390 e. The fourth-order valence-electron chi connectivity index (χ4n) is 2.29. The van der Waals surface area contributed by atoms with Crippen LogP contribution in [0.15, 0.2) is 48.7 Å². The standard InChI is InChI=1S/C15H15ClN2O/c16-9-12(19)10-17-14-4-1-5-15-13(14)7-6-11-3-2-8-18(11)15/h1-8,12,17,19H,9-10H2. The Balaban J connectivity index is 2.05. The number of rotatable bonds is 4. The fourth-order valence-corrected chi connectivity index (χ4v) is 2.40. The molecule has 4 heteroatoms. The number of pyridine rings is 1. The number of nitrogens with one attached hydrogen (secondary N) is 1. The Labute approximate surface area is 116 Å². The number of hydrogen-bond donors (Lipinski definition) is 2. The van der Waals surface area contributed by atoms with E-state index in [0.717, 1.165) is 16.6 Å². The van der Waals surface area contributed by atoms with Crippen LogP contribution in [0, 0.1) is 0 Å². The van der Waals surface area contributed by atoms with Gasteiger partial charge in [-0.3, -0.25) is 0 Å². The zero-order valence-corrected chi connectivity index (χ0v) is 11.1. The van der Waals surface area contributed by atoms with Crippen molar-refractivity contribution >= 4 is 33.7 Å². The van der Waals surface area contributed by atoms with Crippen LogP contribution in [0.5, 0.6) is 0 Å². The molecular weight excluding hydrogens is 260 g/mol. The van der Waals surface area contributed by atoms with Gasteiger partial charge in [-0.25, -0.2) is 0 Å². The Morgan fingerprint density at radius 3 is 2.89 bits per heavy atom. The first-order valence-corrected chi connectivity index (χ1v) is 6.80.